The highest BCUT2D eigenvalue weighted by molar-refractivity contribution is 6.73. The van der Waals surface area contributed by atoms with E-state index < -0.39 is 8.32 Å². The zero-order chi connectivity index (χ0) is 19.5. The van der Waals surface area contributed by atoms with Crippen LogP contribution in [-0.2, 0) is 4.43 Å². The van der Waals surface area contributed by atoms with Gasteiger partial charge in [-0.1, -0.05) is 13.8 Å². The summed E-state index contributed by atoms with van der Waals surface area (Å²) in [5.41, 5.74) is 0.395. The van der Waals surface area contributed by atoms with E-state index in [9.17, 15) is 0 Å². The molecule has 0 amide bonds. The zero-order valence-electron chi connectivity index (χ0n) is 18.8. The second kappa shape index (κ2) is 12.4. The third-order valence-electron chi connectivity index (χ3n) is 5.70. The maximum atomic E-state index is 6.50. The van der Waals surface area contributed by atoms with Gasteiger partial charge in [0, 0.05) is 6.61 Å². The van der Waals surface area contributed by atoms with E-state index in [1.54, 1.807) is 0 Å². The highest BCUT2D eigenvalue weighted by Crippen LogP contribution is 2.43. The Hall–Kier alpha value is 0.0569. The summed E-state index contributed by atoms with van der Waals surface area (Å²) >= 11 is 0. The lowest BCUT2D eigenvalue weighted by Crippen LogP contribution is -2.45. The van der Waals surface area contributed by atoms with Crippen LogP contribution in [-0.4, -0.2) is 91.5 Å². The SMILES string of the molecule is CCO[Si](CC)(CC)CC(CCN(C)C)(CCN(C)C)CCN(C)C. The van der Waals surface area contributed by atoms with E-state index in [0.717, 1.165) is 6.61 Å². The lowest BCUT2D eigenvalue weighted by Gasteiger charge is -2.43. The molecule has 4 nitrogen and oxygen atoms in total. The van der Waals surface area contributed by atoms with Gasteiger partial charge in [0.1, 0.15) is 0 Å². The van der Waals surface area contributed by atoms with Crippen LogP contribution in [0.5, 0.6) is 0 Å². The molecule has 0 N–H and O–H groups in total. The molecule has 0 rings (SSSR count). The van der Waals surface area contributed by atoms with Crippen LogP contribution >= 0.6 is 0 Å². The first-order valence-electron chi connectivity index (χ1n) is 10.2. The van der Waals surface area contributed by atoms with E-state index >= 15 is 0 Å². The van der Waals surface area contributed by atoms with E-state index in [0.29, 0.717) is 5.41 Å². The topological polar surface area (TPSA) is 19.0 Å². The molecule has 0 atom stereocenters. The molecule has 0 bridgehead atoms. The van der Waals surface area contributed by atoms with Crippen LogP contribution in [0.2, 0.25) is 18.1 Å². The second-order valence-electron chi connectivity index (χ2n) is 8.66. The van der Waals surface area contributed by atoms with Gasteiger partial charge in [-0.15, -0.1) is 0 Å². The Morgan fingerprint density at radius 2 is 1.04 bits per heavy atom. The van der Waals surface area contributed by atoms with Gasteiger partial charge in [0.25, 0.3) is 0 Å². The quantitative estimate of drug-likeness (QED) is 0.406. The molecule has 0 heterocycles. The Morgan fingerprint density at radius 3 is 1.28 bits per heavy atom. The van der Waals surface area contributed by atoms with Crippen molar-refractivity contribution in [1.29, 1.82) is 0 Å². The molecular formula is C20H47N3OSi. The summed E-state index contributed by atoms with van der Waals surface area (Å²) in [7, 11) is 11.6. The van der Waals surface area contributed by atoms with Gasteiger partial charge in [0.05, 0.1) is 0 Å². The average Bonchev–Trinajstić information content (AvgIpc) is 2.55. The number of hydrogen-bond donors (Lipinski definition) is 0. The number of rotatable bonds is 15. The van der Waals surface area contributed by atoms with Crippen LogP contribution in [0.3, 0.4) is 0 Å². The summed E-state index contributed by atoms with van der Waals surface area (Å²) in [4.78, 5) is 7.05. The maximum Gasteiger partial charge on any atom is 0.192 e. The maximum absolute atomic E-state index is 6.50. The summed E-state index contributed by atoms with van der Waals surface area (Å²) in [6, 6.07) is 3.80. The minimum atomic E-state index is -1.65. The van der Waals surface area contributed by atoms with E-state index in [1.165, 1.54) is 57.0 Å². The fraction of sp³-hybridized carbons (Fsp3) is 1.00. The fourth-order valence-corrected chi connectivity index (χ4v) is 7.79. The standard InChI is InChI=1S/C20H47N3OSi/c1-10-24-25(11-2,12-3)19-20(13-16-21(4)5,14-17-22(6)7)15-18-23(8)9/h10-19H2,1-9H3. The lowest BCUT2D eigenvalue weighted by atomic mass is 9.79. The van der Waals surface area contributed by atoms with Gasteiger partial charge in [-0.05, 0) is 112 Å². The van der Waals surface area contributed by atoms with Gasteiger partial charge in [-0.3, -0.25) is 0 Å². The third kappa shape index (κ3) is 10.1. The Kier molecular flexibility index (Phi) is 12.5. The molecule has 0 saturated carbocycles. The molecule has 0 fully saturated rings. The average molecular weight is 374 g/mol. The molecule has 0 saturated heterocycles. The largest absolute Gasteiger partial charge is 0.417 e. The summed E-state index contributed by atoms with van der Waals surface area (Å²) in [5, 5.41) is 0. The van der Waals surface area contributed by atoms with E-state index in [1.807, 2.05) is 0 Å². The van der Waals surface area contributed by atoms with Crippen molar-refractivity contribution < 1.29 is 4.43 Å². The molecule has 0 radical (unpaired) electrons. The van der Waals surface area contributed by atoms with Crippen molar-refractivity contribution in [3.05, 3.63) is 0 Å². The number of nitrogens with zero attached hydrogens (tertiary/aromatic N) is 3. The molecule has 0 spiro atoms. The first-order valence-corrected chi connectivity index (χ1v) is 12.8. The Labute approximate surface area is 160 Å². The molecule has 0 aromatic carbocycles. The minimum Gasteiger partial charge on any atom is -0.417 e. The van der Waals surface area contributed by atoms with Crippen LogP contribution in [0.1, 0.15) is 40.0 Å². The molecule has 0 aromatic heterocycles. The fourth-order valence-electron chi connectivity index (χ4n) is 3.77. The van der Waals surface area contributed by atoms with Crippen molar-refractivity contribution in [2.45, 2.75) is 58.2 Å². The monoisotopic (exact) mass is 373 g/mol. The molecule has 0 aromatic rings. The van der Waals surface area contributed by atoms with Gasteiger partial charge in [0.15, 0.2) is 8.32 Å². The van der Waals surface area contributed by atoms with Crippen molar-refractivity contribution in [2.24, 2.45) is 5.41 Å². The van der Waals surface area contributed by atoms with Crippen LogP contribution < -0.4 is 0 Å². The Morgan fingerprint density at radius 1 is 0.680 bits per heavy atom. The smallest absolute Gasteiger partial charge is 0.192 e. The predicted octanol–water partition coefficient (Wildman–Crippen LogP) is 3.85. The lowest BCUT2D eigenvalue weighted by molar-refractivity contribution is 0.164. The van der Waals surface area contributed by atoms with Gasteiger partial charge < -0.3 is 19.1 Å². The van der Waals surface area contributed by atoms with Crippen molar-refractivity contribution in [2.75, 3.05) is 68.5 Å². The van der Waals surface area contributed by atoms with Gasteiger partial charge in [-0.25, -0.2) is 0 Å². The van der Waals surface area contributed by atoms with E-state index in [2.05, 4.69) is 77.8 Å². The highest BCUT2D eigenvalue weighted by atomic mass is 28.4. The first-order chi connectivity index (χ1) is 11.6. The molecule has 25 heavy (non-hydrogen) atoms. The second-order valence-corrected chi connectivity index (χ2v) is 13.1. The van der Waals surface area contributed by atoms with E-state index in [4.69, 9.17) is 4.43 Å². The first kappa shape index (κ1) is 25.1. The zero-order valence-corrected chi connectivity index (χ0v) is 19.8. The molecule has 0 unspecified atom stereocenters. The minimum absolute atomic E-state index is 0.395. The van der Waals surface area contributed by atoms with E-state index in [-0.39, 0.29) is 0 Å². The van der Waals surface area contributed by atoms with Crippen LogP contribution in [0.25, 0.3) is 0 Å². The molecule has 0 aliphatic carbocycles. The Bertz CT molecular complexity index is 300. The molecular weight excluding hydrogens is 326 g/mol. The van der Waals surface area contributed by atoms with Crippen LogP contribution in [0.4, 0.5) is 0 Å². The predicted molar refractivity (Wildman–Crippen MR) is 115 cm³/mol. The van der Waals surface area contributed by atoms with Crippen molar-refractivity contribution >= 4 is 8.32 Å². The van der Waals surface area contributed by atoms with Crippen LogP contribution in [0.15, 0.2) is 0 Å². The Balaban J connectivity index is 5.55. The normalized spacial score (nSPS) is 13.4. The summed E-state index contributed by atoms with van der Waals surface area (Å²) < 4.78 is 6.50. The van der Waals surface area contributed by atoms with Crippen LogP contribution in [0, 0.1) is 5.41 Å². The van der Waals surface area contributed by atoms with Crippen molar-refractivity contribution in [1.82, 2.24) is 14.7 Å². The van der Waals surface area contributed by atoms with Gasteiger partial charge in [0.2, 0.25) is 0 Å². The molecule has 0 aliphatic heterocycles. The third-order valence-corrected chi connectivity index (χ3v) is 10.6. The molecule has 5 heteroatoms. The molecule has 0 aliphatic rings. The van der Waals surface area contributed by atoms with Gasteiger partial charge >= 0.3 is 0 Å². The van der Waals surface area contributed by atoms with Crippen molar-refractivity contribution in [3.8, 4) is 0 Å². The summed E-state index contributed by atoms with van der Waals surface area (Å²) in [5.74, 6) is 0. The number of hydrogen-bond acceptors (Lipinski definition) is 4. The summed E-state index contributed by atoms with van der Waals surface area (Å²) in [6.07, 6.45) is 3.84. The highest BCUT2D eigenvalue weighted by Gasteiger charge is 2.41. The van der Waals surface area contributed by atoms with Gasteiger partial charge in [-0.2, -0.15) is 0 Å². The van der Waals surface area contributed by atoms with Crippen molar-refractivity contribution in [3.63, 3.8) is 0 Å². The molecule has 152 valence electrons. The summed E-state index contributed by atoms with van der Waals surface area (Å²) in [6.45, 7) is 11.3.